The van der Waals surface area contributed by atoms with E-state index in [9.17, 15) is 0 Å². The Balaban J connectivity index is 2.00. The number of thiazole rings is 1. The topological polar surface area (TPSA) is 58.0 Å². The fraction of sp³-hybridized carbons (Fsp3) is 0.545. The molecule has 2 aromatic rings. The monoisotopic (exact) mass is 284 g/mol. The highest BCUT2D eigenvalue weighted by atomic mass is 32.1. The number of aromatic amines is 1. The van der Waals surface area contributed by atoms with Crippen molar-refractivity contribution in [1.82, 2.24) is 20.1 Å². The van der Waals surface area contributed by atoms with Gasteiger partial charge < -0.3 is 9.32 Å². The molecule has 0 radical (unpaired) electrons. The molecular formula is C11H16N4OS2. The molecule has 2 rings (SSSR count). The van der Waals surface area contributed by atoms with Crippen LogP contribution in [0.4, 0.5) is 0 Å². The van der Waals surface area contributed by atoms with Gasteiger partial charge in [0.2, 0.25) is 0 Å². The maximum Gasteiger partial charge on any atom is 0.284 e. The zero-order valence-electron chi connectivity index (χ0n) is 10.5. The second kappa shape index (κ2) is 6.21. The van der Waals surface area contributed by atoms with E-state index in [-0.39, 0.29) is 4.84 Å². The van der Waals surface area contributed by atoms with Crippen LogP contribution in [0.5, 0.6) is 0 Å². The van der Waals surface area contributed by atoms with Crippen molar-refractivity contribution in [3.05, 3.63) is 15.2 Å². The summed E-state index contributed by atoms with van der Waals surface area (Å²) in [6.07, 6.45) is 0.956. The van der Waals surface area contributed by atoms with Gasteiger partial charge in [-0.3, -0.25) is 0 Å². The molecule has 0 unspecified atom stereocenters. The van der Waals surface area contributed by atoms with Gasteiger partial charge in [-0.05, 0) is 25.3 Å². The van der Waals surface area contributed by atoms with Crippen molar-refractivity contribution >= 4 is 23.6 Å². The molecule has 0 saturated heterocycles. The molecule has 2 aromatic heterocycles. The van der Waals surface area contributed by atoms with Crippen molar-refractivity contribution in [2.24, 2.45) is 0 Å². The van der Waals surface area contributed by atoms with Gasteiger partial charge in [0.1, 0.15) is 5.69 Å². The van der Waals surface area contributed by atoms with Crippen LogP contribution in [0.2, 0.25) is 0 Å². The van der Waals surface area contributed by atoms with Crippen LogP contribution in [0.3, 0.4) is 0 Å². The van der Waals surface area contributed by atoms with Crippen molar-refractivity contribution in [2.45, 2.75) is 20.3 Å². The lowest BCUT2D eigenvalue weighted by molar-refractivity contribution is 0.308. The molecule has 0 aromatic carbocycles. The quantitative estimate of drug-likeness (QED) is 0.827. The van der Waals surface area contributed by atoms with Gasteiger partial charge in [0.15, 0.2) is 0 Å². The average Bonchev–Trinajstić information content (AvgIpc) is 2.99. The molecule has 5 nitrogen and oxygen atoms in total. The third kappa shape index (κ3) is 3.24. The molecule has 0 aliphatic rings. The van der Waals surface area contributed by atoms with Crippen LogP contribution in [0, 0.1) is 4.84 Å². The number of H-pyrrole nitrogens is 1. The van der Waals surface area contributed by atoms with E-state index in [1.165, 1.54) is 0 Å². The predicted octanol–water partition coefficient (Wildman–Crippen LogP) is 2.74. The lowest BCUT2D eigenvalue weighted by Crippen LogP contribution is -2.25. The molecule has 0 bridgehead atoms. The first-order valence-electron chi connectivity index (χ1n) is 5.95. The van der Waals surface area contributed by atoms with Gasteiger partial charge in [-0.2, -0.15) is 0 Å². The molecule has 98 valence electrons. The second-order valence-electron chi connectivity index (χ2n) is 3.82. The SMILES string of the molecule is CCN(CC)CCc1nc(-c2n[nH]c(=S)o2)cs1. The molecule has 0 atom stereocenters. The Kier molecular flexibility index (Phi) is 4.62. The van der Waals surface area contributed by atoms with E-state index >= 15 is 0 Å². The van der Waals surface area contributed by atoms with E-state index in [0.29, 0.717) is 5.89 Å². The molecule has 0 saturated carbocycles. The van der Waals surface area contributed by atoms with Crippen molar-refractivity contribution in [3.8, 4) is 11.6 Å². The number of aromatic nitrogens is 3. The molecule has 0 aliphatic heterocycles. The highest BCUT2D eigenvalue weighted by Gasteiger charge is 2.10. The predicted molar refractivity (Wildman–Crippen MR) is 74.3 cm³/mol. The van der Waals surface area contributed by atoms with E-state index in [1.807, 2.05) is 5.38 Å². The first kappa shape index (κ1) is 13.4. The Hall–Kier alpha value is -1.05. The van der Waals surface area contributed by atoms with E-state index in [2.05, 4.69) is 33.9 Å². The third-order valence-electron chi connectivity index (χ3n) is 2.75. The van der Waals surface area contributed by atoms with Gasteiger partial charge in [-0.1, -0.05) is 13.8 Å². The van der Waals surface area contributed by atoms with Crippen molar-refractivity contribution in [1.29, 1.82) is 0 Å². The fourth-order valence-electron chi connectivity index (χ4n) is 1.66. The Morgan fingerprint density at radius 2 is 2.22 bits per heavy atom. The zero-order chi connectivity index (χ0) is 13.0. The number of likely N-dealkylation sites (N-methyl/N-ethyl adjacent to an activating group) is 1. The van der Waals surface area contributed by atoms with Gasteiger partial charge in [0, 0.05) is 18.3 Å². The highest BCUT2D eigenvalue weighted by Crippen LogP contribution is 2.20. The zero-order valence-corrected chi connectivity index (χ0v) is 12.1. The smallest absolute Gasteiger partial charge is 0.284 e. The van der Waals surface area contributed by atoms with Crippen LogP contribution in [0.15, 0.2) is 9.80 Å². The minimum atomic E-state index is 0.280. The van der Waals surface area contributed by atoms with E-state index < -0.39 is 0 Å². The Labute approximate surface area is 115 Å². The summed E-state index contributed by atoms with van der Waals surface area (Å²) in [5, 5.41) is 9.61. The number of hydrogen-bond acceptors (Lipinski definition) is 6. The third-order valence-corrected chi connectivity index (χ3v) is 3.83. The molecule has 1 N–H and O–H groups in total. The van der Waals surface area contributed by atoms with E-state index in [4.69, 9.17) is 16.6 Å². The van der Waals surface area contributed by atoms with Crippen LogP contribution >= 0.6 is 23.6 Å². The number of nitrogens with zero attached hydrogens (tertiary/aromatic N) is 3. The van der Waals surface area contributed by atoms with Crippen LogP contribution in [-0.4, -0.2) is 39.7 Å². The summed E-state index contributed by atoms with van der Waals surface area (Å²) >= 11 is 6.47. The summed E-state index contributed by atoms with van der Waals surface area (Å²) in [7, 11) is 0. The molecular weight excluding hydrogens is 268 g/mol. The van der Waals surface area contributed by atoms with Crippen molar-refractivity contribution < 1.29 is 4.42 Å². The standard InChI is InChI=1S/C11H16N4OS2/c1-3-15(4-2)6-5-9-12-8(7-18-9)10-13-14-11(17)16-10/h7H,3-6H2,1-2H3,(H,14,17). The first-order valence-corrected chi connectivity index (χ1v) is 7.24. The summed E-state index contributed by atoms with van der Waals surface area (Å²) in [6, 6.07) is 0. The summed E-state index contributed by atoms with van der Waals surface area (Å²) in [5.74, 6) is 0.463. The molecule has 7 heteroatoms. The maximum absolute atomic E-state index is 5.23. The highest BCUT2D eigenvalue weighted by molar-refractivity contribution is 7.71. The normalized spacial score (nSPS) is 11.3. The van der Waals surface area contributed by atoms with Gasteiger partial charge in [-0.25, -0.2) is 10.1 Å². The molecule has 18 heavy (non-hydrogen) atoms. The molecule has 2 heterocycles. The van der Waals surface area contributed by atoms with Gasteiger partial charge in [-0.15, -0.1) is 16.4 Å². The Morgan fingerprint density at radius 3 is 2.83 bits per heavy atom. The summed E-state index contributed by atoms with van der Waals surface area (Å²) in [5.41, 5.74) is 0.752. The largest absolute Gasteiger partial charge is 0.408 e. The summed E-state index contributed by atoms with van der Waals surface area (Å²) in [6.45, 7) is 7.52. The van der Waals surface area contributed by atoms with Gasteiger partial charge in [0.25, 0.3) is 10.7 Å². The van der Waals surface area contributed by atoms with Crippen LogP contribution in [0.1, 0.15) is 18.9 Å². The Morgan fingerprint density at radius 1 is 1.44 bits per heavy atom. The number of nitrogens with one attached hydrogen (secondary N) is 1. The minimum absolute atomic E-state index is 0.280. The summed E-state index contributed by atoms with van der Waals surface area (Å²) < 4.78 is 5.23. The van der Waals surface area contributed by atoms with Crippen molar-refractivity contribution in [2.75, 3.05) is 19.6 Å². The second-order valence-corrected chi connectivity index (χ2v) is 5.14. The van der Waals surface area contributed by atoms with Crippen molar-refractivity contribution in [3.63, 3.8) is 0 Å². The van der Waals surface area contributed by atoms with Crippen LogP contribution < -0.4 is 0 Å². The fourth-order valence-corrected chi connectivity index (χ4v) is 2.54. The summed E-state index contributed by atoms with van der Waals surface area (Å²) in [4.78, 5) is 7.16. The van der Waals surface area contributed by atoms with Crippen LogP contribution in [-0.2, 0) is 6.42 Å². The molecule has 0 amide bonds. The number of rotatable bonds is 6. The lowest BCUT2D eigenvalue weighted by atomic mass is 10.4. The van der Waals surface area contributed by atoms with Crippen LogP contribution in [0.25, 0.3) is 11.6 Å². The average molecular weight is 284 g/mol. The lowest BCUT2D eigenvalue weighted by Gasteiger charge is -2.16. The minimum Gasteiger partial charge on any atom is -0.408 e. The maximum atomic E-state index is 5.23. The van der Waals surface area contributed by atoms with E-state index in [1.54, 1.807) is 11.3 Å². The first-order chi connectivity index (χ1) is 8.72. The molecule has 0 aliphatic carbocycles. The molecule has 0 fully saturated rings. The van der Waals surface area contributed by atoms with Gasteiger partial charge in [0.05, 0.1) is 5.01 Å². The molecule has 0 spiro atoms. The van der Waals surface area contributed by atoms with E-state index in [0.717, 1.165) is 36.8 Å². The van der Waals surface area contributed by atoms with Gasteiger partial charge >= 0.3 is 0 Å². The number of hydrogen-bond donors (Lipinski definition) is 1. The Bertz CT molecular complexity index is 541.